The fourth-order valence-electron chi connectivity index (χ4n) is 3.05. The number of rotatable bonds is 5. The van der Waals surface area contributed by atoms with Crippen molar-refractivity contribution in [1.82, 2.24) is 9.99 Å². The number of aromatic nitrogens is 1. The minimum atomic E-state index is 0.459. The van der Waals surface area contributed by atoms with Crippen molar-refractivity contribution >= 4 is 41.0 Å². The van der Waals surface area contributed by atoms with E-state index in [4.69, 9.17) is 34.8 Å². The lowest BCUT2D eigenvalue weighted by molar-refractivity contribution is 0.748. The van der Waals surface area contributed by atoms with Gasteiger partial charge in [0.1, 0.15) is 0 Å². The zero-order valence-electron chi connectivity index (χ0n) is 15.4. The van der Waals surface area contributed by atoms with Crippen LogP contribution in [0.15, 0.2) is 47.6 Å². The maximum absolute atomic E-state index is 6.19. The highest BCUT2D eigenvalue weighted by Crippen LogP contribution is 2.26. The summed E-state index contributed by atoms with van der Waals surface area (Å²) in [4.78, 5) is 0. The molecule has 3 aromatic rings. The molecule has 0 bridgehead atoms. The van der Waals surface area contributed by atoms with E-state index in [0.29, 0.717) is 16.6 Å². The van der Waals surface area contributed by atoms with Crippen LogP contribution >= 0.6 is 34.8 Å². The van der Waals surface area contributed by atoms with Crippen molar-refractivity contribution in [2.24, 2.45) is 5.10 Å². The van der Waals surface area contributed by atoms with E-state index in [9.17, 15) is 0 Å². The molecule has 6 heteroatoms. The second kappa shape index (κ2) is 8.39. The van der Waals surface area contributed by atoms with Crippen LogP contribution in [0, 0.1) is 20.8 Å². The highest BCUT2D eigenvalue weighted by Gasteiger charge is 2.12. The molecular formula is C21H20Cl3N3. The zero-order valence-corrected chi connectivity index (χ0v) is 17.6. The molecule has 1 aromatic heterocycles. The van der Waals surface area contributed by atoms with Gasteiger partial charge in [-0.25, -0.2) is 0 Å². The maximum atomic E-state index is 6.19. The number of halogens is 3. The van der Waals surface area contributed by atoms with Crippen molar-refractivity contribution < 1.29 is 0 Å². The van der Waals surface area contributed by atoms with Gasteiger partial charge in [0.05, 0.1) is 12.8 Å². The van der Waals surface area contributed by atoms with E-state index < -0.39 is 0 Å². The first kappa shape index (κ1) is 19.8. The van der Waals surface area contributed by atoms with Gasteiger partial charge in [-0.1, -0.05) is 46.9 Å². The summed E-state index contributed by atoms with van der Waals surface area (Å²) in [6, 6.07) is 13.5. The first-order valence-electron chi connectivity index (χ1n) is 8.52. The Kier molecular flexibility index (Phi) is 6.15. The molecule has 0 saturated carbocycles. The van der Waals surface area contributed by atoms with Crippen LogP contribution in [0.4, 0.5) is 0 Å². The molecule has 0 aliphatic rings. The van der Waals surface area contributed by atoms with Crippen LogP contribution in [-0.2, 0) is 6.54 Å². The van der Waals surface area contributed by atoms with Gasteiger partial charge in [-0.15, -0.1) is 0 Å². The maximum Gasteiger partial charge on any atom is 0.0609 e. The molecule has 1 heterocycles. The second-order valence-corrected chi connectivity index (χ2v) is 7.64. The van der Waals surface area contributed by atoms with E-state index in [2.05, 4.69) is 41.9 Å². The van der Waals surface area contributed by atoms with Gasteiger partial charge in [0.2, 0.25) is 0 Å². The standard InChI is InChI=1S/C21H20Cl3N3/c1-13-7-8-17(22)10-21(13)27-14(2)9-16(15(27)3)11-25-26-12-18-19(23)5-4-6-20(18)24/h4-11,26H,12H2,1-3H3/b25-11+. The van der Waals surface area contributed by atoms with Crippen LogP contribution in [0.5, 0.6) is 0 Å². The van der Waals surface area contributed by atoms with Gasteiger partial charge in [0.25, 0.3) is 0 Å². The van der Waals surface area contributed by atoms with Crippen LogP contribution in [0.25, 0.3) is 5.69 Å². The normalized spacial score (nSPS) is 11.3. The van der Waals surface area contributed by atoms with E-state index in [1.807, 2.05) is 42.6 Å². The molecule has 0 spiro atoms. The van der Waals surface area contributed by atoms with Gasteiger partial charge in [-0.05, 0) is 56.7 Å². The van der Waals surface area contributed by atoms with Gasteiger partial charge >= 0.3 is 0 Å². The van der Waals surface area contributed by atoms with Gasteiger partial charge in [-0.3, -0.25) is 0 Å². The lowest BCUT2D eigenvalue weighted by Crippen LogP contribution is -2.07. The lowest BCUT2D eigenvalue weighted by atomic mass is 10.2. The predicted octanol–water partition coefficient (Wildman–Crippen LogP) is 6.49. The topological polar surface area (TPSA) is 29.3 Å². The molecule has 0 fully saturated rings. The molecule has 0 radical (unpaired) electrons. The number of hydrogen-bond acceptors (Lipinski definition) is 2. The molecule has 0 saturated heterocycles. The number of nitrogens with zero attached hydrogens (tertiary/aromatic N) is 2. The summed E-state index contributed by atoms with van der Waals surface area (Å²) in [6.07, 6.45) is 1.81. The van der Waals surface area contributed by atoms with Gasteiger partial charge < -0.3 is 9.99 Å². The Morgan fingerprint density at radius 3 is 2.41 bits per heavy atom. The monoisotopic (exact) mass is 419 g/mol. The summed E-state index contributed by atoms with van der Waals surface area (Å²) >= 11 is 18.6. The van der Waals surface area contributed by atoms with Crippen LogP contribution in [-0.4, -0.2) is 10.8 Å². The average Bonchev–Trinajstić information content (AvgIpc) is 2.90. The predicted molar refractivity (Wildman–Crippen MR) is 116 cm³/mol. The fourth-order valence-corrected chi connectivity index (χ4v) is 3.75. The molecule has 0 unspecified atom stereocenters. The number of aryl methyl sites for hydroxylation is 2. The Morgan fingerprint density at radius 2 is 1.70 bits per heavy atom. The fraction of sp³-hybridized carbons (Fsp3) is 0.190. The molecule has 0 amide bonds. The number of nitrogens with one attached hydrogen (secondary N) is 1. The van der Waals surface area contributed by atoms with Crippen molar-refractivity contribution in [3.63, 3.8) is 0 Å². The summed E-state index contributed by atoms with van der Waals surface area (Å²) in [5, 5.41) is 6.31. The third kappa shape index (κ3) is 4.32. The van der Waals surface area contributed by atoms with E-state index >= 15 is 0 Å². The zero-order chi connectivity index (χ0) is 19.6. The summed E-state index contributed by atoms with van der Waals surface area (Å²) < 4.78 is 2.19. The number of benzene rings is 2. The van der Waals surface area contributed by atoms with Crippen molar-refractivity contribution in [1.29, 1.82) is 0 Å². The van der Waals surface area contributed by atoms with Crippen LogP contribution in [0.1, 0.15) is 28.1 Å². The Labute approximate surface area is 174 Å². The molecule has 140 valence electrons. The quantitative estimate of drug-likeness (QED) is 0.371. The third-order valence-corrected chi connectivity index (χ3v) is 5.44. The van der Waals surface area contributed by atoms with Gasteiger partial charge in [-0.2, -0.15) is 5.10 Å². The molecule has 0 aliphatic carbocycles. The number of hydrogen-bond donors (Lipinski definition) is 1. The Bertz CT molecular complexity index is 986. The molecule has 0 aliphatic heterocycles. The minimum absolute atomic E-state index is 0.459. The number of hydrazone groups is 1. The Balaban J connectivity index is 1.81. The first-order chi connectivity index (χ1) is 12.9. The molecular weight excluding hydrogens is 401 g/mol. The lowest BCUT2D eigenvalue weighted by Gasteiger charge is -2.13. The van der Waals surface area contributed by atoms with Gasteiger partial charge in [0, 0.05) is 43.3 Å². The summed E-state index contributed by atoms with van der Waals surface area (Å²) in [6.45, 7) is 6.68. The van der Waals surface area contributed by atoms with Gasteiger partial charge in [0.15, 0.2) is 0 Å². The van der Waals surface area contributed by atoms with Crippen molar-refractivity contribution in [3.8, 4) is 5.69 Å². The highest BCUT2D eigenvalue weighted by atomic mass is 35.5. The molecule has 2 aromatic carbocycles. The molecule has 3 nitrogen and oxygen atoms in total. The van der Waals surface area contributed by atoms with E-state index in [1.54, 1.807) is 0 Å². The smallest absolute Gasteiger partial charge is 0.0609 e. The molecule has 3 rings (SSSR count). The van der Waals surface area contributed by atoms with E-state index in [1.165, 1.54) is 0 Å². The van der Waals surface area contributed by atoms with Crippen LogP contribution in [0.2, 0.25) is 15.1 Å². The minimum Gasteiger partial charge on any atom is -0.318 e. The average molecular weight is 421 g/mol. The SMILES string of the molecule is Cc1ccc(Cl)cc1-n1c(C)cc(/C=N/NCc2c(Cl)cccc2Cl)c1C. The first-order valence-corrected chi connectivity index (χ1v) is 9.66. The second-order valence-electron chi connectivity index (χ2n) is 6.39. The van der Waals surface area contributed by atoms with Crippen molar-refractivity contribution in [3.05, 3.63) is 85.6 Å². The largest absolute Gasteiger partial charge is 0.318 e. The van der Waals surface area contributed by atoms with Crippen molar-refractivity contribution in [2.45, 2.75) is 27.3 Å². The van der Waals surface area contributed by atoms with E-state index in [0.717, 1.165) is 38.8 Å². The van der Waals surface area contributed by atoms with Crippen molar-refractivity contribution in [2.75, 3.05) is 0 Å². The summed E-state index contributed by atoms with van der Waals surface area (Å²) in [5.74, 6) is 0. The Morgan fingerprint density at radius 1 is 1.00 bits per heavy atom. The van der Waals surface area contributed by atoms with Crippen LogP contribution in [0.3, 0.4) is 0 Å². The molecule has 1 N–H and O–H groups in total. The summed E-state index contributed by atoms with van der Waals surface area (Å²) in [5.41, 5.74) is 9.34. The third-order valence-electron chi connectivity index (χ3n) is 4.49. The van der Waals surface area contributed by atoms with Crippen LogP contribution < -0.4 is 5.43 Å². The highest BCUT2D eigenvalue weighted by molar-refractivity contribution is 6.36. The van der Waals surface area contributed by atoms with E-state index in [-0.39, 0.29) is 0 Å². The molecule has 27 heavy (non-hydrogen) atoms. The summed E-state index contributed by atoms with van der Waals surface area (Å²) in [7, 11) is 0. The molecule has 0 atom stereocenters. The Hall–Kier alpha value is -1.94.